The second kappa shape index (κ2) is 8.41. The number of hydrogen-bond acceptors (Lipinski definition) is 6. The quantitative estimate of drug-likeness (QED) is 0.778. The summed E-state index contributed by atoms with van der Waals surface area (Å²) in [6.45, 7) is -0.188. The first-order valence-corrected chi connectivity index (χ1v) is 9.94. The lowest BCUT2D eigenvalue weighted by atomic mass is 9.84. The van der Waals surface area contributed by atoms with Gasteiger partial charge in [-0.2, -0.15) is 0 Å². The Kier molecular flexibility index (Phi) is 5.69. The van der Waals surface area contributed by atoms with Gasteiger partial charge in [0.25, 0.3) is 5.91 Å². The fourth-order valence-electron chi connectivity index (χ4n) is 4.04. The molecule has 4 atom stereocenters. The average molecular weight is 411 g/mol. The maximum Gasteiger partial charge on any atom is 0.257 e. The van der Waals surface area contributed by atoms with E-state index >= 15 is 0 Å². The molecule has 1 fully saturated rings. The molecule has 158 valence electrons. The second-order valence-corrected chi connectivity index (χ2v) is 7.84. The monoisotopic (exact) mass is 411 g/mol. The SMILES string of the molecule is CN(C)C(=O)C[C@H]1C[C@H]2c3cc(NC(=O)c4cccnc4)ccc3O[C@H]2[C@H](CO)O1. The van der Waals surface area contributed by atoms with Gasteiger partial charge in [-0.3, -0.25) is 14.6 Å². The summed E-state index contributed by atoms with van der Waals surface area (Å²) in [7, 11) is 3.42. The number of hydrogen-bond donors (Lipinski definition) is 2. The minimum Gasteiger partial charge on any atom is -0.487 e. The number of rotatable bonds is 5. The number of aromatic nitrogens is 1. The number of carbonyl (C=O) groups is 2. The first-order chi connectivity index (χ1) is 14.5. The Morgan fingerprint density at radius 2 is 2.13 bits per heavy atom. The summed E-state index contributed by atoms with van der Waals surface area (Å²) in [4.78, 5) is 30.1. The zero-order chi connectivity index (χ0) is 21.3. The molecule has 4 rings (SSSR count). The van der Waals surface area contributed by atoms with Crippen LogP contribution >= 0.6 is 0 Å². The van der Waals surface area contributed by atoms with Crippen LogP contribution in [-0.2, 0) is 9.53 Å². The van der Waals surface area contributed by atoms with Crippen LogP contribution in [0.25, 0.3) is 0 Å². The number of pyridine rings is 1. The Morgan fingerprint density at radius 3 is 2.83 bits per heavy atom. The Morgan fingerprint density at radius 1 is 1.30 bits per heavy atom. The van der Waals surface area contributed by atoms with Gasteiger partial charge in [0.15, 0.2) is 0 Å². The molecule has 1 aromatic heterocycles. The molecule has 0 aliphatic carbocycles. The lowest BCUT2D eigenvalue weighted by Gasteiger charge is -2.37. The van der Waals surface area contributed by atoms with Gasteiger partial charge < -0.3 is 24.8 Å². The van der Waals surface area contributed by atoms with E-state index in [2.05, 4.69) is 10.3 Å². The number of ether oxygens (including phenoxy) is 2. The van der Waals surface area contributed by atoms with Gasteiger partial charge >= 0.3 is 0 Å². The molecule has 1 saturated heterocycles. The highest BCUT2D eigenvalue weighted by molar-refractivity contribution is 6.04. The molecule has 2 aliphatic rings. The highest BCUT2D eigenvalue weighted by atomic mass is 16.6. The topological polar surface area (TPSA) is 101 Å². The molecule has 2 N–H and O–H groups in total. The first kappa shape index (κ1) is 20.3. The number of anilines is 1. The Balaban J connectivity index is 1.54. The molecule has 2 aliphatic heterocycles. The van der Waals surface area contributed by atoms with Gasteiger partial charge in [0.05, 0.1) is 24.7 Å². The lowest BCUT2D eigenvalue weighted by molar-refractivity contribution is -0.147. The molecule has 8 heteroatoms. The number of nitrogens with zero attached hydrogens (tertiary/aromatic N) is 2. The van der Waals surface area contributed by atoms with Crippen molar-refractivity contribution in [2.24, 2.45) is 0 Å². The normalized spacial score (nSPS) is 24.4. The number of carbonyl (C=O) groups excluding carboxylic acids is 2. The van der Waals surface area contributed by atoms with Crippen molar-refractivity contribution in [3.05, 3.63) is 53.9 Å². The Labute approximate surface area is 174 Å². The summed E-state index contributed by atoms with van der Waals surface area (Å²) in [5.41, 5.74) is 2.08. The summed E-state index contributed by atoms with van der Waals surface area (Å²) in [5.74, 6) is 0.423. The van der Waals surface area contributed by atoms with Gasteiger partial charge in [-0.1, -0.05) is 0 Å². The summed E-state index contributed by atoms with van der Waals surface area (Å²) in [5, 5.41) is 12.7. The fourth-order valence-corrected chi connectivity index (χ4v) is 4.04. The van der Waals surface area contributed by atoms with E-state index in [0.29, 0.717) is 23.4 Å². The number of aliphatic hydroxyl groups is 1. The van der Waals surface area contributed by atoms with Crippen molar-refractivity contribution in [1.82, 2.24) is 9.88 Å². The predicted molar refractivity (Wildman–Crippen MR) is 109 cm³/mol. The van der Waals surface area contributed by atoms with Crippen LogP contribution in [0.5, 0.6) is 5.75 Å². The third-order valence-corrected chi connectivity index (χ3v) is 5.58. The van der Waals surface area contributed by atoms with Crippen LogP contribution in [0.15, 0.2) is 42.7 Å². The molecular formula is C22H25N3O5. The predicted octanol–water partition coefficient (Wildman–Crippen LogP) is 1.81. The van der Waals surface area contributed by atoms with E-state index in [9.17, 15) is 14.7 Å². The van der Waals surface area contributed by atoms with Crippen molar-refractivity contribution in [2.45, 2.75) is 37.1 Å². The van der Waals surface area contributed by atoms with Gasteiger partial charge in [-0.05, 0) is 36.8 Å². The van der Waals surface area contributed by atoms with Crippen molar-refractivity contribution in [3.63, 3.8) is 0 Å². The van der Waals surface area contributed by atoms with Crippen molar-refractivity contribution in [3.8, 4) is 5.75 Å². The standard InChI is InChI=1S/C22H25N3O5/c1-25(2)20(27)10-15-9-17-16-8-14(24-22(28)13-4-3-7-23-11-13)5-6-18(16)30-21(17)19(12-26)29-15/h3-8,11,15,17,19,21,26H,9-10,12H2,1-2H3,(H,24,28)/t15-,17+,19+,21-/m1/s1. The molecular weight excluding hydrogens is 386 g/mol. The highest BCUT2D eigenvalue weighted by Gasteiger charge is 2.46. The largest absolute Gasteiger partial charge is 0.487 e. The maximum atomic E-state index is 12.5. The molecule has 0 radical (unpaired) electrons. The van der Waals surface area contributed by atoms with Crippen molar-refractivity contribution < 1.29 is 24.2 Å². The summed E-state index contributed by atoms with van der Waals surface area (Å²) >= 11 is 0. The third kappa shape index (κ3) is 4.01. The molecule has 8 nitrogen and oxygen atoms in total. The molecule has 0 spiro atoms. The molecule has 2 amide bonds. The van der Waals surface area contributed by atoms with Crippen LogP contribution in [0.2, 0.25) is 0 Å². The average Bonchev–Trinajstić information content (AvgIpc) is 3.11. The summed E-state index contributed by atoms with van der Waals surface area (Å²) in [6.07, 6.45) is 2.85. The minimum atomic E-state index is -0.510. The van der Waals surface area contributed by atoms with Crippen LogP contribution < -0.4 is 10.1 Å². The van der Waals surface area contributed by atoms with Crippen LogP contribution in [0.1, 0.15) is 34.7 Å². The highest BCUT2D eigenvalue weighted by Crippen LogP contribution is 2.47. The smallest absolute Gasteiger partial charge is 0.257 e. The Bertz CT molecular complexity index is 934. The van der Waals surface area contributed by atoms with Gasteiger partial charge in [0.1, 0.15) is 18.0 Å². The van der Waals surface area contributed by atoms with E-state index in [-0.39, 0.29) is 43.0 Å². The van der Waals surface area contributed by atoms with Gasteiger partial charge in [-0.25, -0.2) is 0 Å². The summed E-state index contributed by atoms with van der Waals surface area (Å²) < 4.78 is 12.0. The molecule has 30 heavy (non-hydrogen) atoms. The third-order valence-electron chi connectivity index (χ3n) is 5.58. The van der Waals surface area contributed by atoms with E-state index in [4.69, 9.17) is 9.47 Å². The van der Waals surface area contributed by atoms with E-state index < -0.39 is 6.10 Å². The van der Waals surface area contributed by atoms with Crippen LogP contribution in [0.3, 0.4) is 0 Å². The van der Waals surface area contributed by atoms with Crippen molar-refractivity contribution in [1.29, 1.82) is 0 Å². The molecule has 0 saturated carbocycles. The summed E-state index contributed by atoms with van der Waals surface area (Å²) in [6, 6.07) is 8.92. The van der Waals surface area contributed by atoms with E-state index in [0.717, 1.165) is 5.56 Å². The fraction of sp³-hybridized carbons (Fsp3) is 0.409. The van der Waals surface area contributed by atoms with Crippen LogP contribution in [-0.4, -0.2) is 65.8 Å². The van der Waals surface area contributed by atoms with Gasteiger partial charge in [0, 0.05) is 43.7 Å². The van der Waals surface area contributed by atoms with E-state index in [1.165, 1.54) is 11.1 Å². The van der Waals surface area contributed by atoms with Crippen LogP contribution in [0, 0.1) is 0 Å². The molecule has 0 unspecified atom stereocenters. The number of nitrogens with one attached hydrogen (secondary N) is 1. The Hall–Kier alpha value is -2.97. The van der Waals surface area contributed by atoms with Crippen molar-refractivity contribution >= 4 is 17.5 Å². The van der Waals surface area contributed by atoms with E-state index in [1.54, 1.807) is 38.5 Å². The molecule has 3 heterocycles. The number of aliphatic hydroxyl groups excluding tert-OH is 1. The number of fused-ring (bicyclic) bond motifs is 3. The second-order valence-electron chi connectivity index (χ2n) is 7.84. The van der Waals surface area contributed by atoms with Crippen LogP contribution in [0.4, 0.5) is 5.69 Å². The van der Waals surface area contributed by atoms with Crippen molar-refractivity contribution in [2.75, 3.05) is 26.0 Å². The maximum absolute atomic E-state index is 12.5. The number of amides is 2. The molecule has 1 aromatic carbocycles. The molecule has 0 bridgehead atoms. The first-order valence-electron chi connectivity index (χ1n) is 9.94. The zero-order valence-electron chi connectivity index (χ0n) is 16.9. The van der Waals surface area contributed by atoms with Gasteiger partial charge in [0.2, 0.25) is 5.91 Å². The number of benzene rings is 1. The van der Waals surface area contributed by atoms with Gasteiger partial charge in [-0.15, -0.1) is 0 Å². The zero-order valence-corrected chi connectivity index (χ0v) is 16.9. The lowest BCUT2D eigenvalue weighted by Crippen LogP contribution is -2.47. The van der Waals surface area contributed by atoms with E-state index in [1.807, 2.05) is 12.1 Å². The minimum absolute atomic E-state index is 0.0215. The molecule has 2 aromatic rings.